The second kappa shape index (κ2) is 6.94. The molecule has 1 N–H and O–H groups in total. The number of benzene rings is 2. The first-order valence-corrected chi connectivity index (χ1v) is 8.39. The van der Waals surface area contributed by atoms with Gasteiger partial charge in [-0.15, -0.1) is 5.10 Å². The molecular formula is C19H20N4O2. The van der Waals surface area contributed by atoms with Crippen molar-refractivity contribution in [1.82, 2.24) is 20.3 Å². The Morgan fingerprint density at radius 3 is 2.88 bits per heavy atom. The van der Waals surface area contributed by atoms with Gasteiger partial charge in [0.1, 0.15) is 13.2 Å². The summed E-state index contributed by atoms with van der Waals surface area (Å²) >= 11 is 0. The molecule has 3 aromatic rings. The van der Waals surface area contributed by atoms with Crippen molar-refractivity contribution < 1.29 is 9.47 Å². The predicted molar refractivity (Wildman–Crippen MR) is 94.0 cm³/mol. The Morgan fingerprint density at radius 2 is 2.00 bits per heavy atom. The van der Waals surface area contributed by atoms with E-state index >= 15 is 0 Å². The number of nitrogens with zero attached hydrogens (tertiary/aromatic N) is 3. The normalized spacial score (nSPS) is 14.3. The van der Waals surface area contributed by atoms with Gasteiger partial charge in [-0.25, -0.2) is 4.68 Å². The maximum atomic E-state index is 5.79. The molecule has 4 rings (SSSR count). The van der Waals surface area contributed by atoms with Crippen molar-refractivity contribution >= 4 is 0 Å². The quantitative estimate of drug-likeness (QED) is 0.776. The van der Waals surface area contributed by atoms with Crippen LogP contribution in [0.3, 0.4) is 0 Å². The van der Waals surface area contributed by atoms with E-state index in [4.69, 9.17) is 9.47 Å². The zero-order valence-electron chi connectivity index (χ0n) is 14.1. The molecule has 1 atom stereocenters. The van der Waals surface area contributed by atoms with E-state index in [9.17, 15) is 0 Å². The van der Waals surface area contributed by atoms with Crippen molar-refractivity contribution in [2.24, 2.45) is 0 Å². The van der Waals surface area contributed by atoms with Crippen LogP contribution in [0.2, 0.25) is 0 Å². The zero-order chi connectivity index (χ0) is 17.1. The molecule has 0 saturated carbocycles. The van der Waals surface area contributed by atoms with Crippen LogP contribution in [0.4, 0.5) is 0 Å². The molecule has 1 aromatic heterocycles. The average molecular weight is 336 g/mol. The fraction of sp³-hybridized carbons (Fsp3) is 0.263. The second-order valence-electron chi connectivity index (χ2n) is 5.95. The van der Waals surface area contributed by atoms with Crippen LogP contribution in [-0.4, -0.2) is 28.2 Å². The first-order valence-electron chi connectivity index (χ1n) is 8.39. The number of hydrogen-bond acceptors (Lipinski definition) is 5. The highest BCUT2D eigenvalue weighted by Gasteiger charge is 2.17. The average Bonchev–Trinajstić information content (AvgIpc) is 3.21. The Balaban J connectivity index is 1.53. The Bertz CT molecular complexity index is 848. The smallest absolute Gasteiger partial charge is 0.165 e. The van der Waals surface area contributed by atoms with E-state index in [0.29, 0.717) is 19.8 Å². The second-order valence-corrected chi connectivity index (χ2v) is 5.95. The molecule has 2 aromatic carbocycles. The number of hydrogen-bond donors (Lipinski definition) is 1. The van der Waals surface area contributed by atoms with Gasteiger partial charge in [0.05, 0.1) is 18.1 Å². The molecule has 0 saturated heterocycles. The van der Waals surface area contributed by atoms with Gasteiger partial charge in [0.2, 0.25) is 0 Å². The largest absolute Gasteiger partial charge is 0.486 e. The highest BCUT2D eigenvalue weighted by molar-refractivity contribution is 5.47. The van der Waals surface area contributed by atoms with Gasteiger partial charge in [-0.2, -0.15) is 0 Å². The molecule has 0 aliphatic carbocycles. The van der Waals surface area contributed by atoms with E-state index in [1.165, 1.54) is 0 Å². The van der Waals surface area contributed by atoms with Gasteiger partial charge in [0, 0.05) is 18.2 Å². The number of nitrogens with one attached hydrogen (secondary N) is 1. The van der Waals surface area contributed by atoms with Gasteiger partial charge in [-0.3, -0.25) is 0 Å². The molecule has 1 aliphatic rings. The summed E-state index contributed by atoms with van der Waals surface area (Å²) in [5.74, 6) is 1.67. The van der Waals surface area contributed by atoms with E-state index in [2.05, 4.69) is 34.7 Å². The maximum absolute atomic E-state index is 5.79. The standard InChI is InChI=1S/C19H20N4O2/c1-14(16-6-2-3-7-17(16)23-10-9-21-22-23)20-13-15-5-4-8-18-19(15)25-12-11-24-18/h2-10,14,20H,11-13H2,1H3. The fourth-order valence-electron chi connectivity index (χ4n) is 3.05. The molecule has 6 heteroatoms. The summed E-state index contributed by atoms with van der Waals surface area (Å²) in [6.07, 6.45) is 3.53. The third-order valence-electron chi connectivity index (χ3n) is 4.32. The summed E-state index contributed by atoms with van der Waals surface area (Å²) in [6, 6.07) is 14.3. The molecule has 25 heavy (non-hydrogen) atoms. The number of fused-ring (bicyclic) bond motifs is 1. The minimum Gasteiger partial charge on any atom is -0.486 e. The number of para-hydroxylation sites is 2. The SMILES string of the molecule is CC(NCc1cccc2c1OCCO2)c1ccccc1-n1ccnn1. The molecule has 128 valence electrons. The highest BCUT2D eigenvalue weighted by atomic mass is 16.6. The van der Waals surface area contributed by atoms with E-state index in [1.807, 2.05) is 36.5 Å². The van der Waals surface area contributed by atoms with Gasteiger partial charge >= 0.3 is 0 Å². The van der Waals surface area contributed by atoms with Gasteiger partial charge < -0.3 is 14.8 Å². The number of ether oxygens (including phenoxy) is 2. The highest BCUT2D eigenvalue weighted by Crippen LogP contribution is 2.34. The first-order chi connectivity index (χ1) is 12.3. The number of rotatable bonds is 5. The maximum Gasteiger partial charge on any atom is 0.165 e. The first kappa shape index (κ1) is 15.7. The summed E-state index contributed by atoms with van der Waals surface area (Å²) in [6.45, 7) is 4.03. The van der Waals surface area contributed by atoms with Crippen molar-refractivity contribution in [3.8, 4) is 17.2 Å². The van der Waals surface area contributed by atoms with Gasteiger partial charge in [-0.05, 0) is 24.6 Å². The lowest BCUT2D eigenvalue weighted by Crippen LogP contribution is -2.22. The lowest BCUT2D eigenvalue weighted by molar-refractivity contribution is 0.169. The summed E-state index contributed by atoms with van der Waals surface area (Å²) in [5, 5.41) is 11.6. The van der Waals surface area contributed by atoms with Crippen LogP contribution in [-0.2, 0) is 6.54 Å². The topological polar surface area (TPSA) is 61.2 Å². The van der Waals surface area contributed by atoms with E-state index in [0.717, 1.165) is 28.3 Å². The minimum atomic E-state index is 0.140. The Hall–Kier alpha value is -2.86. The van der Waals surface area contributed by atoms with Crippen molar-refractivity contribution in [3.05, 3.63) is 66.0 Å². The molecule has 1 unspecified atom stereocenters. The van der Waals surface area contributed by atoms with E-state index < -0.39 is 0 Å². The predicted octanol–water partition coefficient (Wildman–Crippen LogP) is 2.89. The van der Waals surface area contributed by atoms with Crippen molar-refractivity contribution in [2.45, 2.75) is 19.5 Å². The molecule has 0 bridgehead atoms. The Labute approximate surface area is 146 Å². The third-order valence-corrected chi connectivity index (χ3v) is 4.32. The van der Waals surface area contributed by atoms with Crippen molar-refractivity contribution in [3.63, 3.8) is 0 Å². The molecule has 0 radical (unpaired) electrons. The zero-order valence-corrected chi connectivity index (χ0v) is 14.1. The monoisotopic (exact) mass is 336 g/mol. The van der Waals surface area contributed by atoms with Gasteiger partial charge in [-0.1, -0.05) is 35.5 Å². The van der Waals surface area contributed by atoms with Crippen LogP contribution in [0.15, 0.2) is 54.9 Å². The summed E-state index contributed by atoms with van der Waals surface area (Å²) in [7, 11) is 0. The van der Waals surface area contributed by atoms with Crippen molar-refractivity contribution in [2.75, 3.05) is 13.2 Å². The summed E-state index contributed by atoms with van der Waals surface area (Å²) in [5.41, 5.74) is 3.28. The Morgan fingerprint density at radius 1 is 1.12 bits per heavy atom. The van der Waals surface area contributed by atoms with E-state index in [1.54, 1.807) is 10.9 Å². The fourth-order valence-corrected chi connectivity index (χ4v) is 3.05. The molecule has 6 nitrogen and oxygen atoms in total. The number of aromatic nitrogens is 3. The molecule has 0 fully saturated rings. The molecule has 0 amide bonds. The molecule has 0 spiro atoms. The van der Waals surface area contributed by atoms with Gasteiger partial charge in [0.25, 0.3) is 0 Å². The third kappa shape index (κ3) is 3.21. The lowest BCUT2D eigenvalue weighted by atomic mass is 10.1. The van der Waals surface area contributed by atoms with Crippen LogP contribution in [0.25, 0.3) is 5.69 Å². The van der Waals surface area contributed by atoms with Gasteiger partial charge in [0.15, 0.2) is 11.5 Å². The summed E-state index contributed by atoms with van der Waals surface area (Å²) in [4.78, 5) is 0. The van der Waals surface area contributed by atoms with Crippen molar-refractivity contribution in [1.29, 1.82) is 0 Å². The molecule has 1 aliphatic heterocycles. The summed E-state index contributed by atoms with van der Waals surface area (Å²) < 4.78 is 13.2. The minimum absolute atomic E-state index is 0.140. The Kier molecular flexibility index (Phi) is 4.35. The lowest BCUT2D eigenvalue weighted by Gasteiger charge is -2.22. The molecular weight excluding hydrogens is 316 g/mol. The van der Waals surface area contributed by atoms with Crippen LogP contribution < -0.4 is 14.8 Å². The van der Waals surface area contributed by atoms with Crippen LogP contribution in [0.1, 0.15) is 24.1 Å². The van der Waals surface area contributed by atoms with Crippen LogP contribution in [0, 0.1) is 0 Å². The molecule has 2 heterocycles. The van der Waals surface area contributed by atoms with E-state index in [-0.39, 0.29) is 6.04 Å². The van der Waals surface area contributed by atoms with Crippen LogP contribution >= 0.6 is 0 Å². The van der Waals surface area contributed by atoms with Crippen LogP contribution in [0.5, 0.6) is 11.5 Å².